The highest BCUT2D eigenvalue weighted by molar-refractivity contribution is 5.96. The topological polar surface area (TPSA) is 73.9 Å². The summed E-state index contributed by atoms with van der Waals surface area (Å²) >= 11 is 0. The molecule has 2 aromatic carbocycles. The fraction of sp³-hybridized carbons (Fsp3) is 0.440. The monoisotopic (exact) mass is 427 g/mol. The Hall–Kier alpha value is -3.02. The summed E-state index contributed by atoms with van der Waals surface area (Å²) in [7, 11) is 1.60. The van der Waals surface area contributed by atoms with E-state index < -0.39 is 12.0 Å². The van der Waals surface area contributed by atoms with E-state index >= 15 is 0 Å². The van der Waals surface area contributed by atoms with Crippen molar-refractivity contribution >= 4 is 11.9 Å². The maximum Gasteiger partial charge on any atom is 0.329 e. The van der Waals surface area contributed by atoms with E-state index in [-0.39, 0.29) is 30.5 Å². The molecule has 0 unspecified atom stereocenters. The summed E-state index contributed by atoms with van der Waals surface area (Å²) in [6.45, 7) is 10.4. The quantitative estimate of drug-likeness (QED) is 0.475. The first-order valence-electron chi connectivity index (χ1n) is 10.5. The van der Waals surface area contributed by atoms with Crippen molar-refractivity contribution in [2.24, 2.45) is 5.92 Å². The summed E-state index contributed by atoms with van der Waals surface area (Å²) in [5.74, 6) is 0.498. The molecular formula is C25H33NO5. The summed E-state index contributed by atoms with van der Waals surface area (Å²) in [5, 5.41) is 2.79. The van der Waals surface area contributed by atoms with Gasteiger partial charge in [0.2, 0.25) is 0 Å². The minimum atomic E-state index is -0.740. The number of nitrogens with one attached hydrogen (secondary N) is 1. The summed E-state index contributed by atoms with van der Waals surface area (Å²) in [4.78, 5) is 25.2. The number of rotatable bonds is 9. The molecule has 2 rings (SSSR count). The van der Waals surface area contributed by atoms with Gasteiger partial charge in [0.15, 0.2) is 0 Å². The van der Waals surface area contributed by atoms with Crippen molar-refractivity contribution < 1.29 is 23.8 Å². The van der Waals surface area contributed by atoms with Gasteiger partial charge in [-0.25, -0.2) is 4.79 Å². The van der Waals surface area contributed by atoms with Gasteiger partial charge in [0.1, 0.15) is 30.8 Å². The molecule has 6 heteroatoms. The molecule has 0 aliphatic rings. The average molecular weight is 428 g/mol. The fourth-order valence-electron chi connectivity index (χ4n) is 2.91. The van der Waals surface area contributed by atoms with Gasteiger partial charge in [-0.1, -0.05) is 46.8 Å². The van der Waals surface area contributed by atoms with Crippen molar-refractivity contribution in [2.75, 3.05) is 20.3 Å². The first kappa shape index (κ1) is 24.3. The highest BCUT2D eigenvalue weighted by Crippen LogP contribution is 2.22. The Morgan fingerprint density at radius 2 is 1.48 bits per heavy atom. The van der Waals surface area contributed by atoms with Crippen LogP contribution in [-0.4, -0.2) is 38.2 Å². The van der Waals surface area contributed by atoms with Gasteiger partial charge in [-0.3, -0.25) is 4.79 Å². The number of esters is 1. The van der Waals surface area contributed by atoms with Gasteiger partial charge in [0.25, 0.3) is 5.91 Å². The lowest BCUT2D eigenvalue weighted by molar-refractivity contribution is -0.147. The van der Waals surface area contributed by atoms with Crippen molar-refractivity contribution in [3.8, 4) is 11.5 Å². The average Bonchev–Trinajstić information content (AvgIpc) is 2.74. The molecule has 0 fully saturated rings. The second-order valence-corrected chi connectivity index (χ2v) is 8.71. The van der Waals surface area contributed by atoms with E-state index in [2.05, 4.69) is 26.1 Å². The summed E-state index contributed by atoms with van der Waals surface area (Å²) < 4.78 is 16.0. The van der Waals surface area contributed by atoms with Crippen LogP contribution < -0.4 is 14.8 Å². The third-order valence-electron chi connectivity index (χ3n) is 4.88. The summed E-state index contributed by atoms with van der Waals surface area (Å²) in [5.41, 5.74) is 1.66. The lowest BCUT2D eigenvalue weighted by atomic mass is 9.86. The van der Waals surface area contributed by atoms with E-state index in [0.717, 1.165) is 11.3 Å². The molecule has 2 aromatic rings. The first-order chi connectivity index (χ1) is 14.6. The van der Waals surface area contributed by atoms with Crippen molar-refractivity contribution in [1.29, 1.82) is 0 Å². The van der Waals surface area contributed by atoms with E-state index in [9.17, 15) is 9.59 Å². The zero-order chi connectivity index (χ0) is 23.0. The highest BCUT2D eigenvalue weighted by Gasteiger charge is 2.26. The summed E-state index contributed by atoms with van der Waals surface area (Å²) in [6.07, 6.45) is 0. The zero-order valence-corrected chi connectivity index (χ0v) is 19.2. The Morgan fingerprint density at radius 1 is 0.903 bits per heavy atom. The van der Waals surface area contributed by atoms with Crippen LogP contribution in [0.2, 0.25) is 0 Å². The number of amides is 1. The second kappa shape index (κ2) is 10.8. The molecule has 0 bridgehead atoms. The lowest BCUT2D eigenvalue weighted by Crippen LogP contribution is -2.45. The van der Waals surface area contributed by atoms with Crippen molar-refractivity contribution in [3.05, 3.63) is 59.7 Å². The van der Waals surface area contributed by atoms with E-state index in [1.165, 1.54) is 0 Å². The van der Waals surface area contributed by atoms with Gasteiger partial charge in [-0.05, 0) is 53.3 Å². The number of hydrogen-bond donors (Lipinski definition) is 1. The van der Waals surface area contributed by atoms with Crippen molar-refractivity contribution in [1.82, 2.24) is 5.32 Å². The van der Waals surface area contributed by atoms with Crippen LogP contribution in [0.25, 0.3) is 0 Å². The predicted molar refractivity (Wildman–Crippen MR) is 121 cm³/mol. The van der Waals surface area contributed by atoms with E-state index in [4.69, 9.17) is 14.2 Å². The Kier molecular flexibility index (Phi) is 8.48. The smallest absolute Gasteiger partial charge is 0.329 e. The lowest BCUT2D eigenvalue weighted by Gasteiger charge is -2.22. The summed E-state index contributed by atoms with van der Waals surface area (Å²) in [6, 6.07) is 13.8. The van der Waals surface area contributed by atoms with E-state index in [0.29, 0.717) is 11.3 Å². The molecule has 6 nitrogen and oxygen atoms in total. The number of methoxy groups -OCH3 is 1. The van der Waals surface area contributed by atoms with Gasteiger partial charge in [0, 0.05) is 5.56 Å². The second-order valence-electron chi connectivity index (χ2n) is 8.71. The number of hydrogen-bond acceptors (Lipinski definition) is 5. The van der Waals surface area contributed by atoms with Crippen LogP contribution in [0.4, 0.5) is 0 Å². The maximum absolute atomic E-state index is 12.6. The SMILES string of the molecule is COc1ccc(OCCOC(=O)[C@@H](NC(=O)c2ccc(C(C)(C)C)cc2)C(C)C)cc1. The molecule has 0 saturated carbocycles. The van der Waals surface area contributed by atoms with Crippen LogP contribution in [0.3, 0.4) is 0 Å². The van der Waals surface area contributed by atoms with Crippen molar-refractivity contribution in [3.63, 3.8) is 0 Å². The van der Waals surface area contributed by atoms with Gasteiger partial charge in [-0.15, -0.1) is 0 Å². The van der Waals surface area contributed by atoms with E-state index in [1.54, 1.807) is 43.5 Å². The third kappa shape index (κ3) is 7.31. The third-order valence-corrected chi connectivity index (χ3v) is 4.88. The van der Waals surface area contributed by atoms with E-state index in [1.807, 2.05) is 26.0 Å². The minimum Gasteiger partial charge on any atom is -0.497 e. The van der Waals surface area contributed by atoms with Gasteiger partial charge >= 0.3 is 5.97 Å². The molecule has 1 atom stereocenters. The van der Waals surface area contributed by atoms with Crippen LogP contribution in [0.15, 0.2) is 48.5 Å². The fourth-order valence-corrected chi connectivity index (χ4v) is 2.91. The molecule has 0 radical (unpaired) electrons. The molecule has 0 aliphatic heterocycles. The Balaban J connectivity index is 1.87. The molecule has 31 heavy (non-hydrogen) atoms. The normalized spacial score (nSPS) is 12.2. The number of carbonyl (C=O) groups is 2. The van der Waals surface area contributed by atoms with Crippen LogP contribution in [0, 0.1) is 5.92 Å². The van der Waals surface area contributed by atoms with Crippen LogP contribution in [0.5, 0.6) is 11.5 Å². The number of carbonyl (C=O) groups excluding carboxylic acids is 2. The molecule has 1 N–H and O–H groups in total. The molecule has 1 amide bonds. The van der Waals surface area contributed by atoms with Crippen LogP contribution >= 0.6 is 0 Å². The minimum absolute atomic E-state index is 0.00711. The molecule has 168 valence electrons. The molecule has 0 spiro atoms. The highest BCUT2D eigenvalue weighted by atomic mass is 16.6. The molecule has 0 aliphatic carbocycles. The maximum atomic E-state index is 12.6. The standard InChI is InChI=1S/C25H33NO5/c1-17(2)22(26-23(27)18-7-9-19(10-8-18)25(3,4)5)24(28)31-16-15-30-21-13-11-20(29-6)12-14-21/h7-14,17,22H,15-16H2,1-6H3,(H,26,27)/t22-/m0/s1. The van der Waals surface area contributed by atoms with Crippen LogP contribution in [-0.2, 0) is 14.9 Å². The number of ether oxygens (including phenoxy) is 3. The Labute approximate surface area is 184 Å². The predicted octanol–water partition coefficient (Wildman–Crippen LogP) is 4.37. The van der Waals surface area contributed by atoms with Crippen molar-refractivity contribution in [2.45, 2.75) is 46.1 Å². The van der Waals surface area contributed by atoms with Gasteiger partial charge in [0.05, 0.1) is 7.11 Å². The zero-order valence-electron chi connectivity index (χ0n) is 19.2. The molecular weight excluding hydrogens is 394 g/mol. The Bertz CT molecular complexity index is 851. The molecule has 0 saturated heterocycles. The van der Waals surface area contributed by atoms with Gasteiger partial charge in [-0.2, -0.15) is 0 Å². The largest absolute Gasteiger partial charge is 0.497 e. The Morgan fingerprint density at radius 3 is 2.00 bits per heavy atom. The molecule has 0 heterocycles. The van der Waals surface area contributed by atoms with Gasteiger partial charge < -0.3 is 19.5 Å². The van der Waals surface area contributed by atoms with Crippen LogP contribution in [0.1, 0.15) is 50.5 Å². The molecule has 0 aromatic heterocycles. The first-order valence-corrected chi connectivity index (χ1v) is 10.5. The number of benzene rings is 2.